The number of hydrogen-bond acceptors (Lipinski definition) is 5. The number of nitrogens with zero attached hydrogens (tertiary/aromatic N) is 2. The van der Waals surface area contributed by atoms with E-state index < -0.39 is 0 Å². The van der Waals surface area contributed by atoms with Crippen molar-refractivity contribution in [2.24, 2.45) is 4.99 Å². The van der Waals surface area contributed by atoms with Crippen LogP contribution in [0.15, 0.2) is 41.5 Å². The zero-order valence-electron chi connectivity index (χ0n) is 15.1. The Balaban J connectivity index is 1.54. The van der Waals surface area contributed by atoms with E-state index in [2.05, 4.69) is 26.7 Å². The molecule has 0 amide bonds. The van der Waals surface area contributed by atoms with Crippen molar-refractivity contribution in [3.05, 3.63) is 47.7 Å². The van der Waals surface area contributed by atoms with Gasteiger partial charge in [0, 0.05) is 25.4 Å². The molecule has 0 radical (unpaired) electrons. The topological polar surface area (TPSA) is 77.0 Å². The van der Waals surface area contributed by atoms with E-state index in [0.717, 1.165) is 42.5 Å². The molecule has 0 unspecified atom stereocenters. The van der Waals surface area contributed by atoms with Crippen LogP contribution in [0.2, 0.25) is 0 Å². The summed E-state index contributed by atoms with van der Waals surface area (Å²) in [6.07, 6.45) is 2.59. The van der Waals surface area contributed by atoms with E-state index in [1.807, 2.05) is 31.2 Å². The van der Waals surface area contributed by atoms with E-state index in [0.29, 0.717) is 19.2 Å². The molecule has 1 aromatic heterocycles. The van der Waals surface area contributed by atoms with Gasteiger partial charge in [-0.25, -0.2) is 9.98 Å². The molecule has 0 aliphatic carbocycles. The van der Waals surface area contributed by atoms with Crippen molar-refractivity contribution in [1.82, 2.24) is 15.6 Å². The quantitative estimate of drug-likeness (QED) is 0.585. The summed E-state index contributed by atoms with van der Waals surface area (Å²) in [6.45, 7) is 4.47. The molecule has 0 saturated heterocycles. The molecule has 1 aliphatic heterocycles. The summed E-state index contributed by atoms with van der Waals surface area (Å²) in [7, 11) is 1.61. The second-order valence-electron chi connectivity index (χ2n) is 5.77. The highest BCUT2D eigenvalue weighted by atomic mass is 16.7. The molecule has 0 saturated carbocycles. The molecule has 0 fully saturated rings. The maximum Gasteiger partial charge on any atom is 0.231 e. The SMILES string of the molecule is CCNC(=NCc1ccnc(OC)c1)NCCc1ccc2c(c1)OCO2. The fraction of sp³-hybridized carbons (Fsp3) is 0.368. The fourth-order valence-corrected chi connectivity index (χ4v) is 2.59. The molecule has 138 valence electrons. The van der Waals surface area contributed by atoms with Gasteiger partial charge in [-0.15, -0.1) is 0 Å². The van der Waals surface area contributed by atoms with Gasteiger partial charge in [-0.3, -0.25) is 0 Å². The first-order chi connectivity index (χ1) is 12.8. The van der Waals surface area contributed by atoms with Crippen LogP contribution < -0.4 is 24.8 Å². The van der Waals surface area contributed by atoms with Crippen molar-refractivity contribution >= 4 is 5.96 Å². The normalized spacial score (nSPS) is 12.8. The summed E-state index contributed by atoms with van der Waals surface area (Å²) in [5, 5.41) is 6.61. The summed E-state index contributed by atoms with van der Waals surface area (Å²) in [5.41, 5.74) is 2.24. The largest absolute Gasteiger partial charge is 0.481 e. The second-order valence-corrected chi connectivity index (χ2v) is 5.77. The summed E-state index contributed by atoms with van der Waals surface area (Å²) in [6, 6.07) is 9.86. The van der Waals surface area contributed by atoms with Crippen molar-refractivity contribution in [2.45, 2.75) is 19.9 Å². The van der Waals surface area contributed by atoms with Crippen LogP contribution in [0.3, 0.4) is 0 Å². The van der Waals surface area contributed by atoms with Crippen molar-refractivity contribution in [3.63, 3.8) is 0 Å². The smallest absolute Gasteiger partial charge is 0.231 e. The van der Waals surface area contributed by atoms with Gasteiger partial charge < -0.3 is 24.8 Å². The number of aliphatic imine (C=N–C) groups is 1. The van der Waals surface area contributed by atoms with Gasteiger partial charge in [0.25, 0.3) is 0 Å². The molecule has 2 heterocycles. The van der Waals surface area contributed by atoms with Gasteiger partial charge >= 0.3 is 0 Å². The maximum absolute atomic E-state index is 5.42. The van der Waals surface area contributed by atoms with Crippen molar-refractivity contribution in [3.8, 4) is 17.4 Å². The van der Waals surface area contributed by atoms with Crippen LogP contribution >= 0.6 is 0 Å². The van der Waals surface area contributed by atoms with Gasteiger partial charge in [-0.2, -0.15) is 0 Å². The Kier molecular flexibility index (Phi) is 6.14. The lowest BCUT2D eigenvalue weighted by Crippen LogP contribution is -2.38. The molecule has 2 aromatic rings. The van der Waals surface area contributed by atoms with Gasteiger partial charge in [0.15, 0.2) is 17.5 Å². The third-order valence-electron chi connectivity index (χ3n) is 3.92. The number of benzene rings is 1. The highest BCUT2D eigenvalue weighted by molar-refractivity contribution is 5.79. The zero-order valence-corrected chi connectivity index (χ0v) is 15.1. The Morgan fingerprint density at radius 1 is 1.15 bits per heavy atom. The number of guanidine groups is 1. The number of nitrogens with one attached hydrogen (secondary N) is 2. The lowest BCUT2D eigenvalue weighted by atomic mass is 10.1. The van der Waals surface area contributed by atoms with Gasteiger partial charge in [0.2, 0.25) is 12.7 Å². The molecule has 1 aromatic carbocycles. The van der Waals surface area contributed by atoms with Gasteiger partial charge in [0.05, 0.1) is 13.7 Å². The van der Waals surface area contributed by atoms with Crippen molar-refractivity contribution < 1.29 is 14.2 Å². The predicted octanol–water partition coefficient (Wildman–Crippen LogP) is 2.12. The number of ether oxygens (including phenoxy) is 3. The van der Waals surface area contributed by atoms with E-state index in [1.54, 1.807) is 13.3 Å². The Hall–Kier alpha value is -2.96. The predicted molar refractivity (Wildman–Crippen MR) is 99.9 cm³/mol. The minimum atomic E-state index is 0.300. The summed E-state index contributed by atoms with van der Waals surface area (Å²) < 4.78 is 15.9. The molecule has 7 nitrogen and oxygen atoms in total. The van der Waals surface area contributed by atoms with Gasteiger partial charge in [-0.1, -0.05) is 6.07 Å². The highest BCUT2D eigenvalue weighted by Gasteiger charge is 2.12. The highest BCUT2D eigenvalue weighted by Crippen LogP contribution is 2.32. The lowest BCUT2D eigenvalue weighted by molar-refractivity contribution is 0.174. The first-order valence-corrected chi connectivity index (χ1v) is 8.68. The molecule has 2 N–H and O–H groups in total. The van der Waals surface area contributed by atoms with Gasteiger partial charge in [0.1, 0.15) is 0 Å². The van der Waals surface area contributed by atoms with Crippen molar-refractivity contribution in [1.29, 1.82) is 0 Å². The summed E-state index contributed by atoms with van der Waals surface area (Å²) >= 11 is 0. The average molecular weight is 356 g/mol. The van der Waals surface area contributed by atoms with Crippen LogP contribution in [0.5, 0.6) is 17.4 Å². The molecule has 3 rings (SSSR count). The molecule has 0 spiro atoms. The molecule has 0 atom stereocenters. The number of fused-ring (bicyclic) bond motifs is 1. The van der Waals surface area contributed by atoms with E-state index in [9.17, 15) is 0 Å². The van der Waals surface area contributed by atoms with E-state index >= 15 is 0 Å². The monoisotopic (exact) mass is 356 g/mol. The number of pyridine rings is 1. The standard InChI is InChI=1S/C19H24N4O3/c1-3-20-19(23-12-15-7-8-21-18(11-15)24-2)22-9-6-14-4-5-16-17(10-14)26-13-25-16/h4-5,7-8,10-11H,3,6,9,12-13H2,1-2H3,(H2,20,22,23). The summed E-state index contributed by atoms with van der Waals surface area (Å²) in [4.78, 5) is 8.72. The average Bonchev–Trinajstić information content (AvgIpc) is 3.14. The first-order valence-electron chi connectivity index (χ1n) is 8.68. The van der Waals surface area contributed by atoms with Crippen molar-refractivity contribution in [2.75, 3.05) is 27.0 Å². The van der Waals surface area contributed by atoms with Gasteiger partial charge in [-0.05, 0) is 42.7 Å². The van der Waals surface area contributed by atoms with Crippen LogP contribution in [0.1, 0.15) is 18.1 Å². The number of rotatable bonds is 7. The van der Waals surface area contributed by atoms with E-state index in [4.69, 9.17) is 14.2 Å². The molecular weight excluding hydrogens is 332 g/mol. The van der Waals surface area contributed by atoms with Crippen LogP contribution in [0.25, 0.3) is 0 Å². The minimum Gasteiger partial charge on any atom is -0.481 e. The molecular formula is C19H24N4O3. The summed E-state index contributed by atoms with van der Waals surface area (Å²) in [5.74, 6) is 3.00. The van der Waals surface area contributed by atoms with E-state index in [-0.39, 0.29) is 0 Å². The third kappa shape index (κ3) is 4.78. The van der Waals surface area contributed by atoms with E-state index in [1.165, 1.54) is 5.56 Å². The third-order valence-corrected chi connectivity index (χ3v) is 3.92. The number of aromatic nitrogens is 1. The second kappa shape index (κ2) is 8.94. The first kappa shape index (κ1) is 17.8. The zero-order chi connectivity index (χ0) is 18.2. The van der Waals surface area contributed by atoms with Crippen LogP contribution in [0, 0.1) is 0 Å². The molecule has 1 aliphatic rings. The Morgan fingerprint density at radius 3 is 2.88 bits per heavy atom. The molecule has 26 heavy (non-hydrogen) atoms. The fourth-order valence-electron chi connectivity index (χ4n) is 2.59. The Bertz CT molecular complexity index is 764. The molecule has 7 heteroatoms. The van der Waals surface area contributed by atoms with Crippen LogP contribution in [-0.4, -0.2) is 37.9 Å². The number of methoxy groups -OCH3 is 1. The van der Waals surface area contributed by atoms with Crippen LogP contribution in [-0.2, 0) is 13.0 Å². The van der Waals surface area contributed by atoms with Crippen LogP contribution in [0.4, 0.5) is 0 Å². The molecule has 0 bridgehead atoms. The maximum atomic E-state index is 5.42. The lowest BCUT2D eigenvalue weighted by Gasteiger charge is -2.11. The minimum absolute atomic E-state index is 0.300. The number of hydrogen-bond donors (Lipinski definition) is 2. The Labute approximate surface area is 153 Å². The Morgan fingerprint density at radius 2 is 2.04 bits per heavy atom.